The third kappa shape index (κ3) is 17.2. The third-order valence-corrected chi connectivity index (χ3v) is 6.48. The Morgan fingerprint density at radius 1 is 0.794 bits per heavy atom. The molecule has 0 bridgehead atoms. The van der Waals surface area contributed by atoms with E-state index in [2.05, 4.69) is 44.4 Å². The summed E-state index contributed by atoms with van der Waals surface area (Å²) in [4.78, 5) is 4.77. The van der Waals surface area contributed by atoms with Crippen LogP contribution < -0.4 is 0 Å². The molecule has 4 heterocycles. The molecule has 206 valence electrons. The Kier molecular flexibility index (Phi) is 19.8. The minimum atomic E-state index is -0.562. The molecule has 4 nitrogen and oxygen atoms in total. The van der Waals surface area contributed by atoms with Crippen LogP contribution >= 0.6 is 0 Å². The second-order valence-electron chi connectivity index (χ2n) is 11.2. The summed E-state index contributed by atoms with van der Waals surface area (Å²) < 4.78 is 23.5. The summed E-state index contributed by atoms with van der Waals surface area (Å²) in [6.07, 6.45) is 7.10. The second kappa shape index (κ2) is 19.9. The number of hydrogen-bond acceptors (Lipinski definition) is 4. The van der Waals surface area contributed by atoms with Crippen LogP contribution in [0.2, 0.25) is 0 Å². The lowest BCUT2D eigenvalue weighted by atomic mass is 9.88. The lowest BCUT2D eigenvalue weighted by molar-refractivity contribution is 0.0763. The zero-order valence-electron chi connectivity index (χ0n) is 24.5. The molecule has 0 radical (unpaired) electrons. The van der Waals surface area contributed by atoms with E-state index < -0.39 is 6.17 Å². The summed E-state index contributed by atoms with van der Waals surface area (Å²) in [7, 11) is 0. The van der Waals surface area contributed by atoms with Gasteiger partial charge in [0.05, 0.1) is 6.10 Å². The maximum absolute atomic E-state index is 12.9. The first-order valence-corrected chi connectivity index (χ1v) is 14.5. The van der Waals surface area contributed by atoms with Crippen molar-refractivity contribution < 1.29 is 13.9 Å². The van der Waals surface area contributed by atoms with Crippen molar-refractivity contribution in [3.63, 3.8) is 0 Å². The Hall–Kier alpha value is -0.230. The molecule has 0 saturated carbocycles. The number of rotatable bonds is 4. The molecule has 0 aromatic rings. The summed E-state index contributed by atoms with van der Waals surface area (Å²) in [5, 5.41) is 0. The molecule has 0 spiro atoms. The van der Waals surface area contributed by atoms with Crippen LogP contribution in [0.4, 0.5) is 4.39 Å². The van der Waals surface area contributed by atoms with Crippen molar-refractivity contribution in [3.8, 4) is 0 Å². The van der Waals surface area contributed by atoms with Gasteiger partial charge in [-0.1, -0.05) is 62.3 Å². The molecule has 0 amide bonds. The highest BCUT2D eigenvalue weighted by molar-refractivity contribution is 4.78. The molecule has 4 atom stereocenters. The summed E-state index contributed by atoms with van der Waals surface area (Å²) in [5.74, 6) is 1.69. The van der Waals surface area contributed by atoms with Crippen molar-refractivity contribution in [2.24, 2.45) is 17.3 Å². The Balaban J connectivity index is 0.000000476. The molecule has 4 rings (SSSR count). The molecular formula is C29H61FN2O2. The summed E-state index contributed by atoms with van der Waals surface area (Å²) >= 11 is 0. The molecule has 5 heteroatoms. The summed E-state index contributed by atoms with van der Waals surface area (Å²) in [6, 6.07) is 0. The zero-order chi connectivity index (χ0) is 26.0. The van der Waals surface area contributed by atoms with Crippen molar-refractivity contribution in [2.75, 3.05) is 59.1 Å². The van der Waals surface area contributed by atoms with E-state index in [1.807, 2.05) is 27.7 Å². The van der Waals surface area contributed by atoms with E-state index in [1.54, 1.807) is 0 Å². The van der Waals surface area contributed by atoms with Gasteiger partial charge in [0.25, 0.3) is 0 Å². The number of alkyl halides is 1. The molecule has 0 N–H and O–H groups in total. The highest BCUT2D eigenvalue weighted by atomic mass is 19.1. The predicted molar refractivity (Wildman–Crippen MR) is 147 cm³/mol. The van der Waals surface area contributed by atoms with Crippen molar-refractivity contribution in [1.82, 2.24) is 9.80 Å². The first kappa shape index (κ1) is 33.8. The first-order valence-electron chi connectivity index (χ1n) is 14.5. The first-order chi connectivity index (χ1) is 16.2. The van der Waals surface area contributed by atoms with E-state index in [0.717, 1.165) is 57.7 Å². The van der Waals surface area contributed by atoms with Gasteiger partial charge in [0.15, 0.2) is 0 Å². The average Bonchev–Trinajstić information content (AvgIpc) is 3.61. The highest BCUT2D eigenvalue weighted by Gasteiger charge is 2.24. The fourth-order valence-corrected chi connectivity index (χ4v) is 4.64. The van der Waals surface area contributed by atoms with Crippen LogP contribution in [0.15, 0.2) is 0 Å². The lowest BCUT2D eigenvalue weighted by Crippen LogP contribution is -2.33. The van der Waals surface area contributed by atoms with Crippen molar-refractivity contribution in [1.29, 1.82) is 0 Å². The average molecular weight is 489 g/mol. The fraction of sp³-hybridized carbons (Fsp3) is 1.00. The molecule has 4 fully saturated rings. The molecule has 34 heavy (non-hydrogen) atoms. The standard InChI is InChI=1S/C11H21FN2.C9H18O.C5H10O.2C2H6/c1-10-2-4-13(8-10)6-7-14-5-3-11(12)9-14;1-9(2,3)7-8-5-4-6-10-8;1-5-2-3-6-4-5;2*1-2/h10-11H,2-9H2,1H3;8H,4-7H2,1-3H3;5H,2-4H2,1H3;2*1-2H3/t10-,11-;8-;5-;;/m101../s1. The van der Waals surface area contributed by atoms with E-state index >= 15 is 0 Å². The SMILES string of the molecule is CC.CC.CC(C)(C)C[C@@H]1CCCO1.C[C@@H]1CCN(CCN2CC[C@@H](F)C2)C1.C[C@@H]1CCOC1. The number of likely N-dealkylation sites (tertiary alicyclic amines) is 2. The van der Waals surface area contributed by atoms with Crippen LogP contribution in [0.1, 0.15) is 101 Å². The molecule has 0 aliphatic carbocycles. The molecule has 4 aliphatic rings. The largest absolute Gasteiger partial charge is 0.381 e. The molecule has 0 aromatic heterocycles. The predicted octanol–water partition coefficient (Wildman–Crippen LogP) is 7.07. The van der Waals surface area contributed by atoms with Gasteiger partial charge in [-0.3, -0.25) is 4.90 Å². The number of ether oxygens (including phenoxy) is 2. The van der Waals surface area contributed by atoms with Gasteiger partial charge in [0.1, 0.15) is 6.17 Å². The summed E-state index contributed by atoms with van der Waals surface area (Å²) in [5.41, 5.74) is 0.439. The van der Waals surface area contributed by atoms with Gasteiger partial charge < -0.3 is 14.4 Å². The Bertz CT molecular complexity index is 426. The van der Waals surface area contributed by atoms with Gasteiger partial charge in [-0.15, -0.1) is 0 Å². The van der Waals surface area contributed by atoms with E-state index in [0.29, 0.717) is 18.1 Å². The van der Waals surface area contributed by atoms with E-state index in [4.69, 9.17) is 9.47 Å². The maximum Gasteiger partial charge on any atom is 0.114 e. The highest BCUT2D eigenvalue weighted by Crippen LogP contribution is 2.27. The molecule has 0 aromatic carbocycles. The van der Waals surface area contributed by atoms with Gasteiger partial charge in [-0.05, 0) is 62.3 Å². The van der Waals surface area contributed by atoms with Crippen molar-refractivity contribution in [2.45, 2.75) is 113 Å². The van der Waals surface area contributed by atoms with Gasteiger partial charge in [0.2, 0.25) is 0 Å². The zero-order valence-corrected chi connectivity index (χ0v) is 24.5. The lowest BCUT2D eigenvalue weighted by Gasteiger charge is -2.21. The van der Waals surface area contributed by atoms with Crippen LogP contribution in [0.5, 0.6) is 0 Å². The van der Waals surface area contributed by atoms with Crippen molar-refractivity contribution in [3.05, 3.63) is 0 Å². The number of halogens is 1. The molecule has 0 unspecified atom stereocenters. The van der Waals surface area contributed by atoms with E-state index in [9.17, 15) is 4.39 Å². The van der Waals surface area contributed by atoms with Crippen LogP contribution in [0, 0.1) is 17.3 Å². The fourth-order valence-electron chi connectivity index (χ4n) is 4.64. The Morgan fingerprint density at radius 3 is 1.76 bits per heavy atom. The third-order valence-electron chi connectivity index (χ3n) is 6.48. The van der Waals surface area contributed by atoms with E-state index in [1.165, 1.54) is 45.2 Å². The minimum absolute atomic E-state index is 0.439. The maximum atomic E-state index is 12.9. The topological polar surface area (TPSA) is 24.9 Å². The molecular weight excluding hydrogens is 427 g/mol. The Labute approximate surface area is 213 Å². The monoisotopic (exact) mass is 488 g/mol. The van der Waals surface area contributed by atoms with Crippen LogP contribution in [-0.4, -0.2) is 81.2 Å². The van der Waals surface area contributed by atoms with Crippen molar-refractivity contribution >= 4 is 0 Å². The van der Waals surface area contributed by atoms with Crippen LogP contribution in [0.3, 0.4) is 0 Å². The smallest absolute Gasteiger partial charge is 0.114 e. The molecule has 4 aliphatic heterocycles. The number of hydrogen-bond donors (Lipinski definition) is 0. The molecule has 4 saturated heterocycles. The van der Waals surface area contributed by atoms with E-state index in [-0.39, 0.29) is 0 Å². The van der Waals surface area contributed by atoms with Gasteiger partial charge in [-0.25, -0.2) is 4.39 Å². The van der Waals surface area contributed by atoms with Crippen LogP contribution in [0.25, 0.3) is 0 Å². The van der Waals surface area contributed by atoms with Gasteiger partial charge in [-0.2, -0.15) is 0 Å². The quantitative estimate of drug-likeness (QED) is 0.422. The second-order valence-corrected chi connectivity index (χ2v) is 11.2. The Morgan fingerprint density at radius 2 is 1.41 bits per heavy atom. The summed E-state index contributed by atoms with van der Waals surface area (Å²) in [6.45, 7) is 28.6. The van der Waals surface area contributed by atoms with Gasteiger partial charge >= 0.3 is 0 Å². The van der Waals surface area contributed by atoms with Crippen LogP contribution in [-0.2, 0) is 9.47 Å². The number of nitrogens with zero attached hydrogens (tertiary/aromatic N) is 2. The minimum Gasteiger partial charge on any atom is -0.381 e. The normalized spacial score (nSPS) is 29.1. The van der Waals surface area contributed by atoms with Gasteiger partial charge in [0, 0.05) is 52.5 Å².